The lowest BCUT2D eigenvalue weighted by Gasteiger charge is -2.10. The maximum Gasteiger partial charge on any atom is 0.333 e. The molecule has 94 valence electrons. The van der Waals surface area contributed by atoms with E-state index in [-0.39, 0.29) is 6.61 Å². The Hall–Kier alpha value is -2.16. The molecule has 0 saturated heterocycles. The van der Waals surface area contributed by atoms with Crippen molar-refractivity contribution in [3.8, 4) is 0 Å². The molecular weight excluding hydrogens is 234 g/mol. The molecule has 9 nitrogen and oxygen atoms in total. The maximum atomic E-state index is 11.2. The van der Waals surface area contributed by atoms with Crippen molar-refractivity contribution in [3.05, 3.63) is 31.5 Å². The minimum Gasteiger partial charge on any atom is -0.463 e. The molecule has 0 aliphatic rings. The van der Waals surface area contributed by atoms with Crippen LogP contribution in [-0.2, 0) is 16.1 Å². The molecule has 0 amide bonds. The average Bonchev–Trinajstić information content (AvgIpc) is 2.20. The molecule has 1 heterocycles. The van der Waals surface area contributed by atoms with E-state index in [1.165, 1.54) is 0 Å². The van der Waals surface area contributed by atoms with Crippen LogP contribution < -0.4 is 17.1 Å². The minimum absolute atomic E-state index is 0.347. The summed E-state index contributed by atoms with van der Waals surface area (Å²) < 4.78 is 5.08. The molecule has 1 unspecified atom stereocenters. The number of nitrogens with zero attached hydrogens (tertiary/aromatic N) is 1. The number of aliphatic hydroxyl groups is 1. The standard InChI is InChI=1S/C8H11N3O6/c1-4(12)17-3-5(13)2-11-7(15)9-6(14)10-8(11)16/h5,13H,2-3H2,1H3,(H2,9,10,14,15,16). The Morgan fingerprint density at radius 2 is 1.88 bits per heavy atom. The first kappa shape index (κ1) is 12.9. The van der Waals surface area contributed by atoms with Crippen LogP contribution in [0.25, 0.3) is 0 Å². The van der Waals surface area contributed by atoms with Gasteiger partial charge in [0.15, 0.2) is 0 Å². The lowest BCUT2D eigenvalue weighted by atomic mass is 10.4. The third-order valence-corrected chi connectivity index (χ3v) is 1.80. The van der Waals surface area contributed by atoms with E-state index in [9.17, 15) is 24.3 Å². The van der Waals surface area contributed by atoms with E-state index in [1.54, 1.807) is 0 Å². The molecule has 1 aromatic heterocycles. The monoisotopic (exact) mass is 245 g/mol. The van der Waals surface area contributed by atoms with Gasteiger partial charge in [0.2, 0.25) is 0 Å². The largest absolute Gasteiger partial charge is 0.463 e. The number of esters is 1. The second-order valence-corrected chi connectivity index (χ2v) is 3.26. The van der Waals surface area contributed by atoms with E-state index in [0.717, 1.165) is 6.92 Å². The molecule has 0 aliphatic carbocycles. The lowest BCUT2D eigenvalue weighted by molar-refractivity contribution is -0.144. The van der Waals surface area contributed by atoms with E-state index < -0.39 is 35.7 Å². The van der Waals surface area contributed by atoms with Crippen molar-refractivity contribution in [2.24, 2.45) is 0 Å². The SMILES string of the molecule is CC(=O)OCC(O)Cn1c(=O)[nH]c(=O)[nH]c1=O. The normalized spacial score (nSPS) is 12.1. The van der Waals surface area contributed by atoms with Gasteiger partial charge in [-0.25, -0.2) is 19.0 Å². The fourth-order valence-electron chi connectivity index (χ4n) is 1.10. The van der Waals surface area contributed by atoms with Gasteiger partial charge in [0.25, 0.3) is 0 Å². The van der Waals surface area contributed by atoms with Crippen LogP contribution in [0, 0.1) is 0 Å². The summed E-state index contributed by atoms with van der Waals surface area (Å²) in [5.41, 5.74) is -2.81. The van der Waals surface area contributed by atoms with Crippen LogP contribution in [-0.4, -0.2) is 38.3 Å². The number of aromatic nitrogens is 3. The second-order valence-electron chi connectivity index (χ2n) is 3.26. The molecule has 0 saturated carbocycles. The van der Waals surface area contributed by atoms with Gasteiger partial charge in [-0.2, -0.15) is 0 Å². The van der Waals surface area contributed by atoms with Crippen molar-refractivity contribution in [3.63, 3.8) is 0 Å². The van der Waals surface area contributed by atoms with Gasteiger partial charge in [0.05, 0.1) is 6.54 Å². The number of aromatic amines is 2. The van der Waals surface area contributed by atoms with Crippen molar-refractivity contribution < 1.29 is 14.6 Å². The van der Waals surface area contributed by atoms with Crippen LogP contribution in [0.15, 0.2) is 14.4 Å². The summed E-state index contributed by atoms with van der Waals surface area (Å²) in [4.78, 5) is 47.2. The Morgan fingerprint density at radius 1 is 1.35 bits per heavy atom. The number of rotatable bonds is 4. The molecule has 0 radical (unpaired) electrons. The number of aliphatic hydroxyl groups excluding tert-OH is 1. The zero-order valence-electron chi connectivity index (χ0n) is 8.93. The van der Waals surface area contributed by atoms with Crippen LogP contribution in [0.1, 0.15) is 6.92 Å². The predicted molar refractivity (Wildman–Crippen MR) is 54.6 cm³/mol. The van der Waals surface area contributed by atoms with Gasteiger partial charge < -0.3 is 9.84 Å². The molecule has 0 fully saturated rings. The van der Waals surface area contributed by atoms with Crippen LogP contribution >= 0.6 is 0 Å². The molecule has 9 heteroatoms. The Balaban J connectivity index is 2.82. The summed E-state index contributed by atoms with van der Waals surface area (Å²) in [5.74, 6) is -0.591. The quantitative estimate of drug-likeness (QED) is 0.489. The molecular formula is C8H11N3O6. The van der Waals surface area contributed by atoms with E-state index in [4.69, 9.17) is 0 Å². The molecule has 1 atom stereocenters. The number of ether oxygens (including phenoxy) is 1. The fraction of sp³-hybridized carbons (Fsp3) is 0.500. The van der Waals surface area contributed by atoms with Crippen molar-refractivity contribution in [1.82, 2.24) is 14.5 Å². The van der Waals surface area contributed by atoms with Crippen molar-refractivity contribution in [2.75, 3.05) is 6.61 Å². The molecule has 0 bridgehead atoms. The van der Waals surface area contributed by atoms with Crippen molar-refractivity contribution in [1.29, 1.82) is 0 Å². The Bertz CT molecular complexity index is 533. The van der Waals surface area contributed by atoms with Gasteiger partial charge in [0, 0.05) is 6.92 Å². The molecule has 0 aliphatic heterocycles. The highest BCUT2D eigenvalue weighted by Crippen LogP contribution is 1.88. The summed E-state index contributed by atoms with van der Waals surface area (Å²) in [6, 6.07) is 0. The average molecular weight is 245 g/mol. The zero-order valence-corrected chi connectivity index (χ0v) is 8.93. The zero-order chi connectivity index (χ0) is 13.0. The van der Waals surface area contributed by atoms with Crippen molar-refractivity contribution >= 4 is 5.97 Å². The van der Waals surface area contributed by atoms with E-state index in [2.05, 4.69) is 4.74 Å². The number of nitrogens with one attached hydrogen (secondary N) is 2. The van der Waals surface area contributed by atoms with E-state index in [0.29, 0.717) is 4.57 Å². The number of hydrogen-bond acceptors (Lipinski definition) is 6. The summed E-state index contributed by atoms with van der Waals surface area (Å²) in [7, 11) is 0. The number of carbonyl (C=O) groups is 1. The van der Waals surface area contributed by atoms with Crippen molar-refractivity contribution in [2.45, 2.75) is 19.6 Å². The lowest BCUT2D eigenvalue weighted by Crippen LogP contribution is -2.45. The molecule has 0 aromatic carbocycles. The summed E-state index contributed by atoms with van der Waals surface area (Å²) >= 11 is 0. The van der Waals surface area contributed by atoms with Crippen LogP contribution in [0.5, 0.6) is 0 Å². The number of carbonyl (C=O) groups excluding carboxylic acids is 1. The maximum absolute atomic E-state index is 11.2. The van der Waals surface area contributed by atoms with E-state index in [1.807, 2.05) is 9.97 Å². The van der Waals surface area contributed by atoms with Gasteiger partial charge in [-0.3, -0.25) is 14.8 Å². The Kier molecular flexibility index (Phi) is 3.99. The first-order valence-corrected chi connectivity index (χ1v) is 4.65. The predicted octanol–water partition coefficient (Wildman–Crippen LogP) is -2.85. The summed E-state index contributed by atoms with van der Waals surface area (Å²) in [6.07, 6.45) is -1.22. The summed E-state index contributed by atoms with van der Waals surface area (Å²) in [6.45, 7) is 0.421. The molecule has 0 spiro atoms. The van der Waals surface area contributed by atoms with Crippen LogP contribution in [0.3, 0.4) is 0 Å². The highest BCUT2D eigenvalue weighted by atomic mass is 16.5. The van der Waals surface area contributed by atoms with Crippen LogP contribution in [0.2, 0.25) is 0 Å². The molecule has 17 heavy (non-hydrogen) atoms. The van der Waals surface area contributed by atoms with Gasteiger partial charge in [-0.15, -0.1) is 0 Å². The van der Waals surface area contributed by atoms with Gasteiger partial charge in [0.1, 0.15) is 12.7 Å². The highest BCUT2D eigenvalue weighted by molar-refractivity contribution is 5.65. The van der Waals surface area contributed by atoms with Gasteiger partial charge in [-0.1, -0.05) is 0 Å². The van der Waals surface area contributed by atoms with Gasteiger partial charge in [-0.05, 0) is 0 Å². The molecule has 1 rings (SSSR count). The third-order valence-electron chi connectivity index (χ3n) is 1.80. The first-order chi connectivity index (χ1) is 7.90. The minimum atomic E-state index is -1.22. The smallest absolute Gasteiger partial charge is 0.333 e. The summed E-state index contributed by atoms with van der Waals surface area (Å²) in [5, 5.41) is 9.39. The Morgan fingerprint density at radius 3 is 2.35 bits per heavy atom. The number of H-pyrrole nitrogens is 2. The van der Waals surface area contributed by atoms with Gasteiger partial charge >= 0.3 is 23.0 Å². The van der Waals surface area contributed by atoms with E-state index >= 15 is 0 Å². The highest BCUT2D eigenvalue weighted by Gasteiger charge is 2.11. The first-order valence-electron chi connectivity index (χ1n) is 4.65. The number of hydrogen-bond donors (Lipinski definition) is 3. The molecule has 1 aromatic rings. The molecule has 3 N–H and O–H groups in total. The van der Waals surface area contributed by atoms with Crippen LogP contribution in [0.4, 0.5) is 0 Å². The Labute approximate surface area is 93.7 Å². The second kappa shape index (κ2) is 5.25. The third kappa shape index (κ3) is 3.72. The topological polar surface area (TPSA) is 134 Å². The fourth-order valence-corrected chi connectivity index (χ4v) is 1.10.